The van der Waals surface area contributed by atoms with Gasteiger partial charge in [0.15, 0.2) is 0 Å². The fourth-order valence-electron chi connectivity index (χ4n) is 3.78. The maximum Gasteiger partial charge on any atom is 0.0879 e. The molecule has 0 radical (unpaired) electrons. The van der Waals surface area contributed by atoms with E-state index in [2.05, 4.69) is 26.0 Å². The number of rotatable bonds is 2. The van der Waals surface area contributed by atoms with Crippen LogP contribution in [0.3, 0.4) is 0 Å². The van der Waals surface area contributed by atoms with Crippen LogP contribution in [-0.4, -0.2) is 17.7 Å². The molecule has 0 aromatic heterocycles. The number of fused-ring (bicyclic) bond motifs is 5. The Balaban J connectivity index is 1.95. The van der Waals surface area contributed by atoms with Crippen LogP contribution in [0.4, 0.5) is 0 Å². The zero-order valence-electron chi connectivity index (χ0n) is 10.3. The van der Waals surface area contributed by atoms with Gasteiger partial charge in [-0.15, -0.1) is 0 Å². The summed E-state index contributed by atoms with van der Waals surface area (Å²) in [5, 5.41) is 0. The summed E-state index contributed by atoms with van der Waals surface area (Å²) >= 11 is 0. The van der Waals surface area contributed by atoms with Crippen LogP contribution in [0.1, 0.15) is 39.5 Å². The molecule has 0 amide bonds. The molecule has 2 saturated heterocycles. The number of nitrogens with two attached hydrogens (primary N) is 1. The van der Waals surface area contributed by atoms with Crippen LogP contribution in [0.2, 0.25) is 0 Å². The molecule has 3 unspecified atom stereocenters. The molecular formula is C14H21NO. The second-order valence-electron chi connectivity index (χ2n) is 5.89. The fourth-order valence-corrected chi connectivity index (χ4v) is 3.78. The SMILES string of the molecule is CC12CCC(C)(O1)C1CC(CCN)=CC=C12. The Hall–Kier alpha value is -0.600. The molecule has 0 spiro atoms. The third-order valence-corrected chi connectivity index (χ3v) is 4.71. The van der Waals surface area contributed by atoms with E-state index < -0.39 is 0 Å². The summed E-state index contributed by atoms with van der Waals surface area (Å²) in [6.07, 6.45) is 9.18. The van der Waals surface area contributed by atoms with E-state index in [1.54, 1.807) is 0 Å². The number of ether oxygens (including phenoxy) is 1. The molecule has 0 aromatic carbocycles. The van der Waals surface area contributed by atoms with Crippen molar-refractivity contribution in [2.45, 2.75) is 50.7 Å². The maximum absolute atomic E-state index is 6.29. The van der Waals surface area contributed by atoms with Gasteiger partial charge in [0.25, 0.3) is 0 Å². The van der Waals surface area contributed by atoms with Crippen LogP contribution in [0, 0.1) is 5.92 Å². The van der Waals surface area contributed by atoms with Crippen LogP contribution in [0.25, 0.3) is 0 Å². The molecule has 3 rings (SSSR count). The summed E-state index contributed by atoms with van der Waals surface area (Å²) in [6, 6.07) is 0. The van der Waals surface area contributed by atoms with Gasteiger partial charge in [-0.1, -0.05) is 17.7 Å². The first-order chi connectivity index (χ1) is 7.57. The first kappa shape index (κ1) is 10.5. The third kappa shape index (κ3) is 1.26. The van der Waals surface area contributed by atoms with E-state index in [1.807, 2.05) is 0 Å². The van der Waals surface area contributed by atoms with Crippen molar-refractivity contribution in [1.82, 2.24) is 0 Å². The molecule has 2 nitrogen and oxygen atoms in total. The van der Waals surface area contributed by atoms with Crippen LogP contribution in [0.15, 0.2) is 23.3 Å². The summed E-state index contributed by atoms with van der Waals surface area (Å²) in [7, 11) is 0. The molecule has 2 aliphatic heterocycles. The van der Waals surface area contributed by atoms with Crippen molar-refractivity contribution in [3.05, 3.63) is 23.3 Å². The summed E-state index contributed by atoms with van der Waals surface area (Å²) in [5.74, 6) is 0.609. The van der Waals surface area contributed by atoms with Crippen LogP contribution in [0.5, 0.6) is 0 Å². The van der Waals surface area contributed by atoms with Crippen LogP contribution in [-0.2, 0) is 4.74 Å². The maximum atomic E-state index is 6.29. The molecule has 0 saturated carbocycles. The van der Waals surface area contributed by atoms with Gasteiger partial charge in [-0.3, -0.25) is 0 Å². The van der Waals surface area contributed by atoms with Crippen LogP contribution >= 0.6 is 0 Å². The molecule has 3 aliphatic rings. The van der Waals surface area contributed by atoms with E-state index in [4.69, 9.17) is 10.5 Å². The molecule has 1 aliphatic carbocycles. The first-order valence-electron chi connectivity index (χ1n) is 6.38. The fraction of sp³-hybridized carbons (Fsp3) is 0.714. The van der Waals surface area contributed by atoms with Gasteiger partial charge in [-0.2, -0.15) is 0 Å². The zero-order valence-corrected chi connectivity index (χ0v) is 10.3. The lowest BCUT2D eigenvalue weighted by atomic mass is 9.67. The Bertz CT molecular complexity index is 384. The minimum Gasteiger partial charge on any atom is -0.364 e. The van der Waals surface area contributed by atoms with E-state index in [0.717, 1.165) is 19.4 Å². The lowest BCUT2D eigenvalue weighted by Crippen LogP contribution is -2.33. The lowest BCUT2D eigenvalue weighted by Gasteiger charge is -2.34. The van der Waals surface area contributed by atoms with Gasteiger partial charge in [0.1, 0.15) is 0 Å². The molecule has 2 N–H and O–H groups in total. The minimum atomic E-state index is 0.0319. The van der Waals surface area contributed by atoms with Crippen LogP contribution < -0.4 is 5.73 Å². The number of hydrogen-bond acceptors (Lipinski definition) is 2. The van der Waals surface area contributed by atoms with Gasteiger partial charge in [-0.25, -0.2) is 0 Å². The third-order valence-electron chi connectivity index (χ3n) is 4.71. The molecule has 2 heterocycles. The molecule has 2 heteroatoms. The van der Waals surface area contributed by atoms with E-state index in [0.29, 0.717) is 5.92 Å². The highest BCUT2D eigenvalue weighted by Crippen LogP contribution is 2.59. The predicted octanol–water partition coefficient (Wildman–Crippen LogP) is 2.55. The highest BCUT2D eigenvalue weighted by molar-refractivity contribution is 5.40. The molecule has 16 heavy (non-hydrogen) atoms. The topological polar surface area (TPSA) is 35.2 Å². The van der Waals surface area contributed by atoms with Crippen molar-refractivity contribution in [2.24, 2.45) is 11.7 Å². The highest BCUT2D eigenvalue weighted by atomic mass is 16.5. The molecular weight excluding hydrogens is 198 g/mol. The van der Waals surface area contributed by atoms with E-state index in [1.165, 1.54) is 24.0 Å². The Morgan fingerprint density at radius 1 is 1.38 bits per heavy atom. The smallest absolute Gasteiger partial charge is 0.0879 e. The number of hydrogen-bond donors (Lipinski definition) is 1. The highest BCUT2D eigenvalue weighted by Gasteiger charge is 2.59. The van der Waals surface area contributed by atoms with Crippen molar-refractivity contribution in [1.29, 1.82) is 0 Å². The van der Waals surface area contributed by atoms with Crippen molar-refractivity contribution in [3.8, 4) is 0 Å². The van der Waals surface area contributed by atoms with Gasteiger partial charge in [-0.05, 0) is 51.6 Å². The number of allylic oxidation sites excluding steroid dienone is 2. The summed E-state index contributed by atoms with van der Waals surface area (Å²) in [5.41, 5.74) is 8.79. The minimum absolute atomic E-state index is 0.0319. The Labute approximate surface area is 97.5 Å². The van der Waals surface area contributed by atoms with Gasteiger partial charge >= 0.3 is 0 Å². The van der Waals surface area contributed by atoms with Crippen molar-refractivity contribution in [3.63, 3.8) is 0 Å². The second kappa shape index (κ2) is 3.21. The van der Waals surface area contributed by atoms with Gasteiger partial charge < -0.3 is 10.5 Å². The quantitative estimate of drug-likeness (QED) is 0.774. The molecule has 3 atom stereocenters. The van der Waals surface area contributed by atoms with Gasteiger partial charge in [0.2, 0.25) is 0 Å². The summed E-state index contributed by atoms with van der Waals surface area (Å²) < 4.78 is 6.29. The average Bonchev–Trinajstić information content (AvgIpc) is 2.67. The Morgan fingerprint density at radius 2 is 2.19 bits per heavy atom. The largest absolute Gasteiger partial charge is 0.364 e. The first-order valence-corrected chi connectivity index (χ1v) is 6.38. The Morgan fingerprint density at radius 3 is 2.94 bits per heavy atom. The summed E-state index contributed by atoms with van der Waals surface area (Å²) in [6.45, 7) is 5.30. The normalized spacial score (nSPS) is 45.3. The lowest BCUT2D eigenvalue weighted by molar-refractivity contribution is -0.0341. The van der Waals surface area contributed by atoms with E-state index in [-0.39, 0.29) is 11.2 Å². The van der Waals surface area contributed by atoms with Crippen molar-refractivity contribution in [2.75, 3.05) is 6.54 Å². The second-order valence-corrected chi connectivity index (χ2v) is 5.89. The average molecular weight is 219 g/mol. The molecule has 2 fully saturated rings. The van der Waals surface area contributed by atoms with Gasteiger partial charge in [0.05, 0.1) is 11.2 Å². The van der Waals surface area contributed by atoms with Gasteiger partial charge in [0, 0.05) is 5.92 Å². The molecule has 0 aromatic rings. The molecule has 2 bridgehead atoms. The Kier molecular flexibility index (Phi) is 2.11. The monoisotopic (exact) mass is 219 g/mol. The van der Waals surface area contributed by atoms with Crippen molar-refractivity contribution >= 4 is 0 Å². The standard InChI is InChI=1S/C14H21NO/c1-13-6-7-14(2,16-13)12-9-10(5-8-15)3-4-11(12)13/h3-4,12H,5-9,15H2,1-2H3. The van der Waals surface area contributed by atoms with E-state index >= 15 is 0 Å². The predicted molar refractivity (Wildman–Crippen MR) is 65.1 cm³/mol. The molecule has 88 valence electrons. The summed E-state index contributed by atoms with van der Waals surface area (Å²) in [4.78, 5) is 0. The van der Waals surface area contributed by atoms with E-state index in [9.17, 15) is 0 Å². The van der Waals surface area contributed by atoms with Crippen molar-refractivity contribution < 1.29 is 4.74 Å². The zero-order chi connectivity index (χ0) is 11.4.